The molecule has 202 valence electrons. The molecule has 4 aliphatic carbocycles. The first-order valence-electron chi connectivity index (χ1n) is 14.6. The van der Waals surface area contributed by atoms with Gasteiger partial charge in [0.25, 0.3) is 0 Å². The highest BCUT2D eigenvalue weighted by atomic mass is 16.6. The maximum atomic E-state index is 12.3. The maximum Gasteiger partial charge on any atom is 0.303 e. The first-order chi connectivity index (χ1) is 16.8. The number of ether oxygens (including phenoxy) is 2. The number of hydrogen-bond donors (Lipinski definition) is 0. The molecule has 4 aliphatic rings. The van der Waals surface area contributed by atoms with Crippen molar-refractivity contribution < 1.29 is 19.1 Å². The number of carbonyl (C=O) groups excluding carboxylic acids is 2. The summed E-state index contributed by atoms with van der Waals surface area (Å²) < 4.78 is 11.9. The van der Waals surface area contributed by atoms with Crippen LogP contribution in [0.4, 0.5) is 0 Å². The van der Waals surface area contributed by atoms with Crippen molar-refractivity contribution in [3.63, 3.8) is 0 Å². The van der Waals surface area contributed by atoms with E-state index in [1.54, 1.807) is 5.57 Å². The number of carbonyl (C=O) groups is 2. The van der Waals surface area contributed by atoms with E-state index >= 15 is 0 Å². The normalized spacial score (nSPS) is 41.6. The summed E-state index contributed by atoms with van der Waals surface area (Å²) in [5, 5.41) is 0. The molecule has 3 fully saturated rings. The highest BCUT2D eigenvalue weighted by Crippen LogP contribution is 2.68. The van der Waals surface area contributed by atoms with E-state index in [1.165, 1.54) is 33.1 Å². The first-order valence-corrected chi connectivity index (χ1v) is 14.6. The molecular weight excluding hydrogens is 448 g/mol. The molecule has 4 rings (SSSR count). The zero-order valence-corrected chi connectivity index (χ0v) is 24.1. The van der Waals surface area contributed by atoms with Crippen LogP contribution in [0.15, 0.2) is 23.8 Å². The fraction of sp³-hybridized carbons (Fsp3) is 0.812. The van der Waals surface area contributed by atoms with Gasteiger partial charge >= 0.3 is 11.9 Å². The van der Waals surface area contributed by atoms with Gasteiger partial charge in [0.1, 0.15) is 11.7 Å². The van der Waals surface area contributed by atoms with Crippen molar-refractivity contribution in [2.24, 2.45) is 46.3 Å². The second kappa shape index (κ2) is 9.95. The van der Waals surface area contributed by atoms with Crippen LogP contribution in [0, 0.1) is 46.3 Å². The molecule has 0 N–H and O–H groups in total. The van der Waals surface area contributed by atoms with Gasteiger partial charge in [-0.2, -0.15) is 0 Å². The van der Waals surface area contributed by atoms with Crippen LogP contribution in [-0.4, -0.2) is 23.6 Å². The van der Waals surface area contributed by atoms with Gasteiger partial charge in [-0.25, -0.2) is 0 Å². The number of allylic oxidation sites excluding steroid dienone is 3. The summed E-state index contributed by atoms with van der Waals surface area (Å²) >= 11 is 0. The summed E-state index contributed by atoms with van der Waals surface area (Å²) in [6.07, 6.45) is 15.3. The molecule has 6 unspecified atom stereocenters. The SMILES string of the molecule is CC(=O)OC1CCC2(C)C3CCC4(C)C(CCC4[C@H](C)/C=C/[C@H](C)C(C)C)C3=CC[C@@]2(OC(C)=O)C1. The highest BCUT2D eigenvalue weighted by molar-refractivity contribution is 5.67. The Bertz CT molecular complexity index is 917. The molecule has 0 heterocycles. The van der Waals surface area contributed by atoms with Gasteiger partial charge < -0.3 is 9.47 Å². The quantitative estimate of drug-likeness (QED) is 0.278. The molecule has 0 aromatic carbocycles. The number of fused-ring (bicyclic) bond motifs is 5. The van der Waals surface area contributed by atoms with Crippen molar-refractivity contribution >= 4 is 11.9 Å². The number of rotatable bonds is 6. The average molecular weight is 499 g/mol. The summed E-state index contributed by atoms with van der Waals surface area (Å²) in [6.45, 7) is 17.3. The molecule has 9 atom stereocenters. The first kappa shape index (κ1) is 27.5. The van der Waals surface area contributed by atoms with Gasteiger partial charge in [0.2, 0.25) is 0 Å². The van der Waals surface area contributed by atoms with Crippen LogP contribution in [0.25, 0.3) is 0 Å². The third-order valence-electron chi connectivity index (χ3n) is 11.3. The van der Waals surface area contributed by atoms with Crippen LogP contribution in [0.2, 0.25) is 0 Å². The predicted molar refractivity (Wildman–Crippen MR) is 144 cm³/mol. The Morgan fingerprint density at radius 1 is 0.944 bits per heavy atom. The Labute approximate surface area is 219 Å². The molecule has 36 heavy (non-hydrogen) atoms. The molecule has 0 spiro atoms. The van der Waals surface area contributed by atoms with E-state index in [1.807, 2.05) is 0 Å². The lowest BCUT2D eigenvalue weighted by molar-refractivity contribution is -0.209. The summed E-state index contributed by atoms with van der Waals surface area (Å²) in [6, 6.07) is 0. The van der Waals surface area contributed by atoms with E-state index in [0.29, 0.717) is 47.3 Å². The fourth-order valence-electron chi connectivity index (χ4n) is 8.87. The molecule has 0 saturated heterocycles. The van der Waals surface area contributed by atoms with Gasteiger partial charge in [0.05, 0.1) is 0 Å². The molecule has 0 aromatic heterocycles. The van der Waals surface area contributed by atoms with Gasteiger partial charge in [-0.05, 0) is 79.4 Å². The largest absolute Gasteiger partial charge is 0.462 e. The third kappa shape index (κ3) is 4.60. The molecule has 0 radical (unpaired) electrons. The minimum absolute atomic E-state index is 0.114. The van der Waals surface area contributed by atoms with Gasteiger partial charge in [-0.1, -0.05) is 65.3 Å². The van der Waals surface area contributed by atoms with Crippen molar-refractivity contribution in [1.29, 1.82) is 0 Å². The van der Waals surface area contributed by atoms with E-state index in [9.17, 15) is 9.59 Å². The van der Waals surface area contributed by atoms with Crippen molar-refractivity contribution in [3.8, 4) is 0 Å². The topological polar surface area (TPSA) is 52.6 Å². The monoisotopic (exact) mass is 498 g/mol. The van der Waals surface area contributed by atoms with Crippen molar-refractivity contribution in [2.75, 3.05) is 0 Å². The van der Waals surface area contributed by atoms with Crippen molar-refractivity contribution in [2.45, 2.75) is 118 Å². The molecule has 0 amide bonds. The van der Waals surface area contributed by atoms with Crippen LogP contribution in [-0.2, 0) is 19.1 Å². The number of hydrogen-bond acceptors (Lipinski definition) is 4. The molecule has 3 saturated carbocycles. The molecule has 0 aromatic rings. The van der Waals surface area contributed by atoms with Gasteiger partial charge in [0.15, 0.2) is 0 Å². The summed E-state index contributed by atoms with van der Waals surface area (Å²) in [7, 11) is 0. The maximum absolute atomic E-state index is 12.3. The molecular formula is C32H50O4. The summed E-state index contributed by atoms with van der Waals surface area (Å²) in [5.41, 5.74) is 1.28. The zero-order valence-electron chi connectivity index (χ0n) is 24.1. The molecule has 4 heteroatoms. The van der Waals surface area contributed by atoms with Crippen LogP contribution in [0.1, 0.15) is 107 Å². The van der Waals surface area contributed by atoms with Crippen LogP contribution in [0.3, 0.4) is 0 Å². The Balaban J connectivity index is 1.61. The zero-order chi connectivity index (χ0) is 26.5. The van der Waals surface area contributed by atoms with E-state index in [2.05, 4.69) is 59.8 Å². The van der Waals surface area contributed by atoms with Crippen molar-refractivity contribution in [3.05, 3.63) is 23.8 Å². The van der Waals surface area contributed by atoms with E-state index < -0.39 is 5.60 Å². The van der Waals surface area contributed by atoms with Gasteiger partial charge in [-0.3, -0.25) is 9.59 Å². The van der Waals surface area contributed by atoms with Crippen LogP contribution in [0.5, 0.6) is 0 Å². The second-order valence-electron chi connectivity index (χ2n) is 13.6. The molecule has 4 nitrogen and oxygen atoms in total. The fourth-order valence-corrected chi connectivity index (χ4v) is 8.87. The highest BCUT2D eigenvalue weighted by Gasteiger charge is 2.64. The third-order valence-corrected chi connectivity index (χ3v) is 11.3. The molecule has 0 aliphatic heterocycles. The Kier molecular flexibility index (Phi) is 7.59. The number of esters is 2. The average Bonchev–Trinajstić information content (AvgIpc) is 3.14. The Morgan fingerprint density at radius 3 is 2.31 bits per heavy atom. The molecule has 0 bridgehead atoms. The van der Waals surface area contributed by atoms with Crippen LogP contribution < -0.4 is 0 Å². The summed E-state index contributed by atoms with van der Waals surface area (Å²) in [5.74, 6) is 3.20. The minimum atomic E-state index is -0.583. The smallest absolute Gasteiger partial charge is 0.303 e. The predicted octanol–water partition coefficient (Wildman–Crippen LogP) is 7.67. The second-order valence-corrected chi connectivity index (χ2v) is 13.6. The Hall–Kier alpha value is -1.58. The lowest BCUT2D eigenvalue weighted by atomic mass is 9.46. The lowest BCUT2D eigenvalue weighted by Crippen LogP contribution is -2.61. The Morgan fingerprint density at radius 2 is 1.67 bits per heavy atom. The minimum Gasteiger partial charge on any atom is -0.462 e. The van der Waals surface area contributed by atoms with E-state index in [4.69, 9.17) is 9.47 Å². The van der Waals surface area contributed by atoms with Crippen molar-refractivity contribution in [1.82, 2.24) is 0 Å². The lowest BCUT2D eigenvalue weighted by Gasteiger charge is -2.62. The van der Waals surface area contributed by atoms with E-state index in [0.717, 1.165) is 25.7 Å². The van der Waals surface area contributed by atoms with Gasteiger partial charge in [0, 0.05) is 32.1 Å². The van der Waals surface area contributed by atoms with Gasteiger partial charge in [-0.15, -0.1) is 0 Å². The standard InChI is InChI=1S/C32H50O4/c1-20(2)21(3)9-10-22(4)27-11-12-28-26-14-18-32(36-24(6)34)19-25(35-23(5)33)13-17-31(32,8)29(26)15-16-30(27,28)7/h9-10,14,20-22,25,27-29H,11-13,15-19H2,1-8H3/b10-9+/t21-,22+,25?,27?,28?,29?,30?,31?,32+/m0/s1. The van der Waals surface area contributed by atoms with Crippen LogP contribution >= 0.6 is 0 Å². The van der Waals surface area contributed by atoms with E-state index in [-0.39, 0.29) is 23.5 Å². The summed E-state index contributed by atoms with van der Waals surface area (Å²) in [4.78, 5) is 24.1.